The largest absolute Gasteiger partial charge is 0.432 e. The molecule has 0 aromatic heterocycles. The molecule has 0 aromatic rings. The third kappa shape index (κ3) is 0.464. The van der Waals surface area contributed by atoms with Crippen LogP contribution in [0.15, 0.2) is 10.3 Å². The van der Waals surface area contributed by atoms with Crippen LogP contribution in [0.25, 0.3) is 0 Å². The summed E-state index contributed by atoms with van der Waals surface area (Å²) in [6.45, 7) is -0.125. The molecule has 2 atom stereocenters. The lowest BCUT2D eigenvalue weighted by atomic mass is 10.3. The Hall–Kier alpha value is -0.850. The van der Waals surface area contributed by atoms with Crippen LogP contribution >= 0.6 is 0 Å². The van der Waals surface area contributed by atoms with E-state index in [0.29, 0.717) is 0 Å². The van der Waals surface area contributed by atoms with Crippen LogP contribution in [0.5, 0.6) is 0 Å². The van der Waals surface area contributed by atoms with Crippen molar-refractivity contribution < 1.29 is 13.2 Å². The fraction of sp³-hybridized carbons (Fsp3) is 1.00. The predicted octanol–water partition coefficient (Wildman–Crippen LogP) is 0.446. The SMILES string of the molecule is FC(F)(F)C12CN1NN=N2. The van der Waals surface area contributed by atoms with Crippen LogP contribution in [0.4, 0.5) is 13.2 Å². The Balaban J connectivity index is 2.27. The molecule has 0 bridgehead atoms. The van der Waals surface area contributed by atoms with Crippen molar-refractivity contribution in [3.63, 3.8) is 0 Å². The van der Waals surface area contributed by atoms with Gasteiger partial charge in [-0.15, -0.1) is 5.11 Å². The number of hydrogen-bond acceptors (Lipinski definition) is 4. The Morgan fingerprint density at radius 2 is 2.20 bits per heavy atom. The highest BCUT2D eigenvalue weighted by molar-refractivity contribution is 5.09. The molecule has 1 saturated heterocycles. The van der Waals surface area contributed by atoms with Gasteiger partial charge in [0.25, 0.3) is 5.66 Å². The van der Waals surface area contributed by atoms with E-state index >= 15 is 0 Å². The van der Waals surface area contributed by atoms with E-state index in [0.717, 1.165) is 5.01 Å². The maximum atomic E-state index is 12.0. The van der Waals surface area contributed by atoms with Crippen LogP contribution in [-0.2, 0) is 0 Å². The van der Waals surface area contributed by atoms with E-state index in [9.17, 15) is 13.2 Å². The summed E-state index contributed by atoms with van der Waals surface area (Å²) in [6, 6.07) is 0. The molecule has 0 saturated carbocycles. The normalized spacial score (nSPS) is 42.9. The lowest BCUT2D eigenvalue weighted by molar-refractivity contribution is -0.167. The second-order valence-corrected chi connectivity index (χ2v) is 2.20. The number of fused-ring (bicyclic) bond motifs is 1. The summed E-state index contributed by atoms with van der Waals surface area (Å²) < 4.78 is 35.9. The minimum atomic E-state index is -4.31. The van der Waals surface area contributed by atoms with Crippen molar-refractivity contribution in [1.82, 2.24) is 10.5 Å². The molecule has 0 spiro atoms. The van der Waals surface area contributed by atoms with E-state index in [1.165, 1.54) is 0 Å². The highest BCUT2D eigenvalue weighted by Crippen LogP contribution is 2.48. The first kappa shape index (κ1) is 5.90. The van der Waals surface area contributed by atoms with Crippen molar-refractivity contribution in [2.45, 2.75) is 11.8 Å². The van der Waals surface area contributed by atoms with Gasteiger partial charge in [-0.25, -0.2) is 5.53 Å². The monoisotopic (exact) mass is 152 g/mol. The van der Waals surface area contributed by atoms with Crippen LogP contribution in [-0.4, -0.2) is 23.4 Å². The van der Waals surface area contributed by atoms with Crippen molar-refractivity contribution in [3.8, 4) is 0 Å². The van der Waals surface area contributed by atoms with E-state index < -0.39 is 11.8 Å². The van der Waals surface area contributed by atoms with Crippen molar-refractivity contribution >= 4 is 0 Å². The molecule has 0 aromatic carbocycles. The summed E-state index contributed by atoms with van der Waals surface area (Å²) in [5, 5.41) is 6.99. The molecule has 2 heterocycles. The Kier molecular flexibility index (Phi) is 0.746. The molecule has 2 aliphatic rings. The molecule has 0 aliphatic carbocycles. The topological polar surface area (TPSA) is 39.8 Å². The molecular weight excluding hydrogens is 149 g/mol. The van der Waals surface area contributed by atoms with Gasteiger partial charge in [0.05, 0.1) is 6.54 Å². The van der Waals surface area contributed by atoms with Crippen LogP contribution in [0.2, 0.25) is 0 Å². The van der Waals surface area contributed by atoms with E-state index in [1.54, 1.807) is 0 Å². The highest BCUT2D eigenvalue weighted by atomic mass is 19.4. The van der Waals surface area contributed by atoms with Gasteiger partial charge in [0.1, 0.15) is 0 Å². The molecule has 7 heteroatoms. The van der Waals surface area contributed by atoms with Gasteiger partial charge in [-0.2, -0.15) is 18.2 Å². The summed E-state index contributed by atoms with van der Waals surface area (Å²) in [6.07, 6.45) is -4.31. The van der Waals surface area contributed by atoms with Gasteiger partial charge < -0.3 is 0 Å². The van der Waals surface area contributed by atoms with E-state index in [1.807, 2.05) is 0 Å². The summed E-state index contributed by atoms with van der Waals surface area (Å²) in [7, 11) is 0. The van der Waals surface area contributed by atoms with Gasteiger partial charge in [0.15, 0.2) is 0 Å². The Bertz CT molecular complexity index is 198. The Morgan fingerprint density at radius 3 is 2.40 bits per heavy atom. The lowest BCUT2D eigenvalue weighted by Gasteiger charge is -2.08. The van der Waals surface area contributed by atoms with Crippen LogP contribution in [0.1, 0.15) is 0 Å². The predicted molar refractivity (Wildman–Crippen MR) is 23.5 cm³/mol. The van der Waals surface area contributed by atoms with Gasteiger partial charge in [0, 0.05) is 0 Å². The summed E-state index contributed by atoms with van der Waals surface area (Å²) in [5.74, 6) is 0. The smallest absolute Gasteiger partial charge is 0.219 e. The number of nitrogens with zero attached hydrogens (tertiary/aromatic N) is 3. The maximum Gasteiger partial charge on any atom is 0.432 e. The lowest BCUT2D eigenvalue weighted by Crippen LogP contribution is -2.33. The minimum absolute atomic E-state index is 0.125. The minimum Gasteiger partial charge on any atom is -0.219 e. The average Bonchev–Trinajstić information content (AvgIpc) is 2.36. The average molecular weight is 152 g/mol. The second kappa shape index (κ2) is 1.26. The molecule has 4 nitrogen and oxygen atoms in total. The summed E-state index contributed by atoms with van der Waals surface area (Å²) in [4.78, 5) is 0. The number of nitrogens with one attached hydrogen (secondary N) is 1. The number of halogens is 3. The number of hydrazine groups is 1. The van der Waals surface area contributed by atoms with Crippen molar-refractivity contribution in [1.29, 1.82) is 0 Å². The van der Waals surface area contributed by atoms with E-state index in [-0.39, 0.29) is 6.54 Å². The van der Waals surface area contributed by atoms with E-state index in [2.05, 4.69) is 15.9 Å². The number of alkyl halides is 3. The number of hydrogen-bond donors (Lipinski definition) is 1. The number of rotatable bonds is 0. The van der Waals surface area contributed by atoms with Crippen molar-refractivity contribution in [2.24, 2.45) is 10.3 Å². The van der Waals surface area contributed by atoms with Crippen molar-refractivity contribution in [3.05, 3.63) is 0 Å². The van der Waals surface area contributed by atoms with Gasteiger partial charge >= 0.3 is 6.18 Å². The molecule has 2 unspecified atom stereocenters. The van der Waals surface area contributed by atoms with Gasteiger partial charge in [-0.3, -0.25) is 0 Å². The molecular formula is C3H3F3N4. The van der Waals surface area contributed by atoms with Gasteiger partial charge in [-0.1, -0.05) is 5.22 Å². The molecule has 56 valence electrons. The fourth-order valence-electron chi connectivity index (χ4n) is 0.847. The zero-order valence-corrected chi connectivity index (χ0v) is 4.68. The third-order valence-corrected chi connectivity index (χ3v) is 1.56. The van der Waals surface area contributed by atoms with Crippen LogP contribution in [0, 0.1) is 0 Å². The molecule has 0 amide bonds. The third-order valence-electron chi connectivity index (χ3n) is 1.56. The Morgan fingerprint density at radius 1 is 1.50 bits per heavy atom. The molecule has 10 heavy (non-hydrogen) atoms. The molecule has 0 radical (unpaired) electrons. The second-order valence-electron chi connectivity index (χ2n) is 2.20. The van der Waals surface area contributed by atoms with Gasteiger partial charge in [0.2, 0.25) is 0 Å². The summed E-state index contributed by atoms with van der Waals surface area (Å²) >= 11 is 0. The van der Waals surface area contributed by atoms with Crippen molar-refractivity contribution in [2.75, 3.05) is 6.54 Å². The molecule has 1 fully saturated rings. The Labute approximate surface area is 53.7 Å². The molecule has 2 rings (SSSR count). The van der Waals surface area contributed by atoms with Crippen LogP contribution in [0.3, 0.4) is 0 Å². The zero-order valence-electron chi connectivity index (χ0n) is 4.68. The first-order valence-electron chi connectivity index (χ1n) is 2.58. The first-order valence-corrected chi connectivity index (χ1v) is 2.58. The fourth-order valence-corrected chi connectivity index (χ4v) is 0.847. The zero-order chi connectivity index (χ0) is 7.41. The molecule has 2 aliphatic heterocycles. The summed E-state index contributed by atoms with van der Waals surface area (Å²) in [5.41, 5.74) is 0.0917. The van der Waals surface area contributed by atoms with E-state index in [4.69, 9.17) is 0 Å². The standard InChI is InChI=1S/C3H3F3N4/c4-3(5,6)2-1-10(2)9-8-7-2/h1H2,(H,7,9). The molecule has 1 N–H and O–H groups in total. The van der Waals surface area contributed by atoms with Gasteiger partial charge in [-0.05, 0) is 0 Å². The highest BCUT2D eigenvalue weighted by Gasteiger charge is 2.74. The maximum absolute atomic E-state index is 12.0. The quantitative estimate of drug-likeness (QED) is 0.512. The first-order chi connectivity index (χ1) is 4.56. The van der Waals surface area contributed by atoms with Crippen LogP contribution < -0.4 is 5.53 Å².